The molecule has 0 aliphatic carbocycles. The van der Waals surface area contributed by atoms with E-state index in [0.29, 0.717) is 13.1 Å². The van der Waals surface area contributed by atoms with Crippen LogP contribution in [-0.2, 0) is 19.1 Å². The molecule has 0 radical (unpaired) electrons. The normalized spacial score (nSPS) is 18.2. The van der Waals surface area contributed by atoms with E-state index in [2.05, 4.69) is 5.32 Å². The molecule has 0 spiro atoms. The summed E-state index contributed by atoms with van der Waals surface area (Å²) in [6, 6.07) is 0. The van der Waals surface area contributed by atoms with Crippen molar-refractivity contribution in [2.75, 3.05) is 26.7 Å². The maximum Gasteiger partial charge on any atom is 0.336 e. The van der Waals surface area contributed by atoms with Crippen LogP contribution in [0.25, 0.3) is 0 Å². The van der Waals surface area contributed by atoms with E-state index in [0.717, 1.165) is 0 Å². The Kier molecular flexibility index (Phi) is 4.66. The molecule has 0 unspecified atom stereocenters. The Bertz CT molecular complexity index is 347. The second-order valence-electron chi connectivity index (χ2n) is 4.29. The van der Waals surface area contributed by atoms with E-state index >= 15 is 0 Å². The zero-order valence-corrected chi connectivity index (χ0v) is 10.6. The monoisotopic (exact) mass is 258 g/mol. The van der Waals surface area contributed by atoms with Gasteiger partial charge >= 0.3 is 5.97 Å². The molecule has 0 atom stereocenters. The number of aliphatic carboxylic acids is 1. The average Bonchev–Trinajstić information content (AvgIpc) is 2.35. The Labute approximate surface area is 105 Å². The molecule has 2 amide bonds. The van der Waals surface area contributed by atoms with Crippen LogP contribution in [0.15, 0.2) is 0 Å². The zero-order chi connectivity index (χ0) is 13.8. The van der Waals surface area contributed by atoms with Crippen LogP contribution in [0.5, 0.6) is 0 Å². The predicted octanol–water partition coefficient (Wildman–Crippen LogP) is -0.785. The molecule has 0 saturated carbocycles. The van der Waals surface area contributed by atoms with Gasteiger partial charge in [0.25, 0.3) is 0 Å². The van der Waals surface area contributed by atoms with Crippen LogP contribution in [0.1, 0.15) is 19.8 Å². The Morgan fingerprint density at radius 2 is 1.89 bits per heavy atom. The van der Waals surface area contributed by atoms with Crippen molar-refractivity contribution >= 4 is 17.8 Å². The van der Waals surface area contributed by atoms with E-state index < -0.39 is 11.6 Å². The first-order valence-corrected chi connectivity index (χ1v) is 5.72. The van der Waals surface area contributed by atoms with E-state index in [1.54, 1.807) is 0 Å². The van der Waals surface area contributed by atoms with Gasteiger partial charge in [-0.1, -0.05) is 0 Å². The molecule has 0 bridgehead atoms. The number of hydrogen-bond donors (Lipinski definition) is 2. The van der Waals surface area contributed by atoms with Crippen molar-refractivity contribution in [2.45, 2.75) is 25.4 Å². The number of carboxylic acid groups (broad SMARTS) is 1. The molecule has 1 aliphatic heterocycles. The van der Waals surface area contributed by atoms with Crippen molar-refractivity contribution in [3.8, 4) is 0 Å². The van der Waals surface area contributed by atoms with E-state index in [4.69, 9.17) is 9.84 Å². The number of carboxylic acids is 1. The van der Waals surface area contributed by atoms with E-state index in [9.17, 15) is 14.4 Å². The molecule has 1 rings (SSSR count). The van der Waals surface area contributed by atoms with Crippen LogP contribution in [0.4, 0.5) is 0 Å². The lowest BCUT2D eigenvalue weighted by molar-refractivity contribution is -0.169. The average molecular weight is 258 g/mol. The van der Waals surface area contributed by atoms with Crippen LogP contribution in [0.3, 0.4) is 0 Å². The van der Waals surface area contributed by atoms with Gasteiger partial charge in [-0.05, 0) is 0 Å². The van der Waals surface area contributed by atoms with Crippen LogP contribution >= 0.6 is 0 Å². The highest BCUT2D eigenvalue weighted by Gasteiger charge is 2.42. The summed E-state index contributed by atoms with van der Waals surface area (Å²) in [5, 5.41) is 11.5. The summed E-state index contributed by atoms with van der Waals surface area (Å²) in [4.78, 5) is 35.0. The number of carbonyl (C=O) groups excluding carboxylic acids is 2. The van der Waals surface area contributed by atoms with Gasteiger partial charge in [0.15, 0.2) is 5.60 Å². The van der Waals surface area contributed by atoms with Crippen molar-refractivity contribution in [3.05, 3.63) is 0 Å². The van der Waals surface area contributed by atoms with Gasteiger partial charge in [-0.2, -0.15) is 0 Å². The molecule has 102 valence electrons. The van der Waals surface area contributed by atoms with Gasteiger partial charge in [0.2, 0.25) is 11.8 Å². The van der Waals surface area contributed by atoms with E-state index in [1.807, 2.05) is 0 Å². The van der Waals surface area contributed by atoms with Crippen LogP contribution < -0.4 is 5.32 Å². The summed E-state index contributed by atoms with van der Waals surface area (Å²) in [5.74, 6) is -1.48. The smallest absolute Gasteiger partial charge is 0.336 e. The Hall–Kier alpha value is -1.63. The van der Waals surface area contributed by atoms with Gasteiger partial charge in [-0.3, -0.25) is 9.59 Å². The zero-order valence-electron chi connectivity index (χ0n) is 10.6. The van der Waals surface area contributed by atoms with Gasteiger partial charge in [-0.15, -0.1) is 0 Å². The molecular weight excluding hydrogens is 240 g/mol. The quantitative estimate of drug-likeness (QED) is 0.689. The SMILES string of the molecule is COC1(C(=O)O)CCN(C(=O)CNC(C)=O)CC1. The molecule has 1 aliphatic rings. The van der Waals surface area contributed by atoms with E-state index in [1.165, 1.54) is 18.9 Å². The van der Waals surface area contributed by atoms with Crippen molar-refractivity contribution < 1.29 is 24.2 Å². The number of nitrogens with one attached hydrogen (secondary N) is 1. The van der Waals surface area contributed by atoms with Gasteiger partial charge in [0, 0.05) is 40.0 Å². The number of rotatable bonds is 4. The third kappa shape index (κ3) is 3.19. The highest BCUT2D eigenvalue weighted by molar-refractivity contribution is 5.84. The van der Waals surface area contributed by atoms with Crippen molar-refractivity contribution in [2.24, 2.45) is 0 Å². The number of carbonyl (C=O) groups is 3. The Morgan fingerprint density at radius 3 is 2.28 bits per heavy atom. The molecule has 0 aromatic rings. The molecule has 0 aromatic carbocycles. The molecule has 2 N–H and O–H groups in total. The molecule has 1 heterocycles. The maximum absolute atomic E-state index is 11.7. The number of methoxy groups -OCH3 is 1. The molecule has 1 saturated heterocycles. The fourth-order valence-corrected chi connectivity index (χ4v) is 1.93. The number of ether oxygens (including phenoxy) is 1. The highest BCUT2D eigenvalue weighted by Crippen LogP contribution is 2.26. The largest absolute Gasteiger partial charge is 0.479 e. The Balaban J connectivity index is 2.50. The summed E-state index contributed by atoms with van der Waals surface area (Å²) in [6.45, 7) is 1.92. The number of hydrogen-bond acceptors (Lipinski definition) is 4. The second kappa shape index (κ2) is 5.81. The summed E-state index contributed by atoms with van der Waals surface area (Å²) >= 11 is 0. The lowest BCUT2D eigenvalue weighted by Crippen LogP contribution is -2.53. The lowest BCUT2D eigenvalue weighted by Gasteiger charge is -2.37. The summed E-state index contributed by atoms with van der Waals surface area (Å²) < 4.78 is 5.06. The lowest BCUT2D eigenvalue weighted by atomic mass is 9.91. The summed E-state index contributed by atoms with van der Waals surface area (Å²) in [6.07, 6.45) is 0.509. The first kappa shape index (κ1) is 14.4. The molecule has 18 heavy (non-hydrogen) atoms. The maximum atomic E-state index is 11.7. The number of amides is 2. The minimum Gasteiger partial charge on any atom is -0.479 e. The standard InChI is InChI=1S/C11H18N2O5/c1-8(14)12-7-9(15)13-5-3-11(18-2,4-6-13)10(16)17/h3-7H2,1-2H3,(H,12,14)(H,16,17). The second-order valence-corrected chi connectivity index (χ2v) is 4.29. The minimum atomic E-state index is -1.19. The first-order valence-electron chi connectivity index (χ1n) is 5.72. The van der Waals surface area contributed by atoms with Crippen molar-refractivity contribution in [1.29, 1.82) is 0 Å². The van der Waals surface area contributed by atoms with Crippen molar-refractivity contribution in [1.82, 2.24) is 10.2 Å². The number of nitrogens with zero attached hydrogens (tertiary/aromatic N) is 1. The highest BCUT2D eigenvalue weighted by atomic mass is 16.5. The van der Waals surface area contributed by atoms with Gasteiger partial charge < -0.3 is 20.1 Å². The molecule has 7 nitrogen and oxygen atoms in total. The summed E-state index contributed by atoms with van der Waals surface area (Å²) in [5.41, 5.74) is -1.19. The number of likely N-dealkylation sites (tertiary alicyclic amines) is 1. The topological polar surface area (TPSA) is 95.9 Å². The third-order valence-electron chi connectivity index (χ3n) is 3.19. The predicted molar refractivity (Wildman–Crippen MR) is 61.9 cm³/mol. The number of piperidine rings is 1. The fourth-order valence-electron chi connectivity index (χ4n) is 1.93. The van der Waals surface area contributed by atoms with Gasteiger partial charge in [0.1, 0.15) is 0 Å². The van der Waals surface area contributed by atoms with Crippen LogP contribution in [-0.4, -0.2) is 60.1 Å². The molecule has 1 fully saturated rings. The van der Waals surface area contributed by atoms with Crippen LogP contribution in [0.2, 0.25) is 0 Å². The minimum absolute atomic E-state index is 0.0532. The van der Waals surface area contributed by atoms with Crippen LogP contribution in [0, 0.1) is 0 Å². The Morgan fingerprint density at radius 1 is 1.33 bits per heavy atom. The van der Waals surface area contributed by atoms with Gasteiger partial charge in [0.05, 0.1) is 6.54 Å². The molecule has 0 aromatic heterocycles. The van der Waals surface area contributed by atoms with Crippen molar-refractivity contribution in [3.63, 3.8) is 0 Å². The van der Waals surface area contributed by atoms with E-state index in [-0.39, 0.29) is 31.2 Å². The third-order valence-corrected chi connectivity index (χ3v) is 3.19. The molecular formula is C11H18N2O5. The van der Waals surface area contributed by atoms with Gasteiger partial charge in [-0.25, -0.2) is 4.79 Å². The fraction of sp³-hybridized carbons (Fsp3) is 0.727. The summed E-state index contributed by atoms with van der Waals surface area (Å²) in [7, 11) is 1.36. The molecule has 7 heteroatoms. The first-order chi connectivity index (χ1) is 8.41.